The van der Waals surface area contributed by atoms with Crippen molar-refractivity contribution in [1.82, 2.24) is 10.3 Å². The lowest BCUT2D eigenvalue weighted by atomic mass is 10.1. The van der Waals surface area contributed by atoms with Gasteiger partial charge < -0.3 is 14.8 Å². The molecule has 0 saturated carbocycles. The summed E-state index contributed by atoms with van der Waals surface area (Å²) in [6.45, 7) is 0.470. The van der Waals surface area contributed by atoms with Gasteiger partial charge in [-0.05, 0) is 49.2 Å². The Labute approximate surface area is 125 Å². The van der Waals surface area contributed by atoms with Crippen molar-refractivity contribution in [2.75, 3.05) is 14.2 Å². The minimum Gasteiger partial charge on any atom is -0.488 e. The Morgan fingerprint density at radius 3 is 3.00 bits per heavy atom. The number of ether oxygens (including phenoxy) is 2. The fourth-order valence-electron chi connectivity index (χ4n) is 2.93. The molecule has 0 radical (unpaired) electrons. The number of methoxy groups -OCH3 is 1. The Kier molecular flexibility index (Phi) is 4.06. The van der Waals surface area contributed by atoms with Gasteiger partial charge in [-0.15, -0.1) is 0 Å². The molecule has 4 nitrogen and oxygen atoms in total. The summed E-state index contributed by atoms with van der Waals surface area (Å²) in [5.74, 6) is 1.59. The SMILES string of the molecule is CNC1CCc2c(OCc3cccnc3OC)cccc21. The third kappa shape index (κ3) is 2.72. The molecule has 1 N–H and O–H groups in total. The zero-order chi connectivity index (χ0) is 14.7. The van der Waals surface area contributed by atoms with Gasteiger partial charge in [0.1, 0.15) is 12.4 Å². The lowest BCUT2D eigenvalue weighted by molar-refractivity contribution is 0.291. The van der Waals surface area contributed by atoms with Crippen LogP contribution in [0.1, 0.15) is 29.2 Å². The van der Waals surface area contributed by atoms with E-state index in [4.69, 9.17) is 9.47 Å². The van der Waals surface area contributed by atoms with Crippen molar-refractivity contribution in [3.05, 3.63) is 53.2 Å². The van der Waals surface area contributed by atoms with Gasteiger partial charge in [-0.1, -0.05) is 12.1 Å². The number of benzene rings is 1. The van der Waals surface area contributed by atoms with Crippen molar-refractivity contribution in [2.24, 2.45) is 0 Å². The maximum absolute atomic E-state index is 6.02. The minimum atomic E-state index is 0.441. The van der Waals surface area contributed by atoms with Crippen LogP contribution in [0.2, 0.25) is 0 Å². The lowest BCUT2D eigenvalue weighted by Gasteiger charge is -2.14. The fraction of sp³-hybridized carbons (Fsp3) is 0.353. The van der Waals surface area contributed by atoms with E-state index in [-0.39, 0.29) is 0 Å². The van der Waals surface area contributed by atoms with Crippen LogP contribution in [0.4, 0.5) is 0 Å². The molecule has 1 atom stereocenters. The summed E-state index contributed by atoms with van der Waals surface area (Å²) >= 11 is 0. The molecular weight excluding hydrogens is 264 g/mol. The van der Waals surface area contributed by atoms with Crippen LogP contribution in [0.15, 0.2) is 36.5 Å². The Morgan fingerprint density at radius 1 is 1.29 bits per heavy atom. The molecular formula is C17H20N2O2. The van der Waals surface area contributed by atoms with E-state index in [9.17, 15) is 0 Å². The average Bonchev–Trinajstić information content (AvgIpc) is 2.96. The first-order chi connectivity index (χ1) is 10.3. The normalized spacial score (nSPS) is 16.6. The Balaban J connectivity index is 1.79. The van der Waals surface area contributed by atoms with Crippen molar-refractivity contribution in [3.63, 3.8) is 0 Å². The molecule has 3 rings (SSSR count). The molecule has 110 valence electrons. The molecule has 1 unspecified atom stereocenters. The lowest BCUT2D eigenvalue weighted by Crippen LogP contribution is -2.12. The van der Waals surface area contributed by atoms with Gasteiger partial charge in [0.05, 0.1) is 12.7 Å². The second-order valence-corrected chi connectivity index (χ2v) is 5.16. The zero-order valence-corrected chi connectivity index (χ0v) is 12.4. The van der Waals surface area contributed by atoms with Crippen LogP contribution >= 0.6 is 0 Å². The Morgan fingerprint density at radius 2 is 2.19 bits per heavy atom. The van der Waals surface area contributed by atoms with Crippen molar-refractivity contribution in [3.8, 4) is 11.6 Å². The zero-order valence-electron chi connectivity index (χ0n) is 12.4. The number of nitrogens with zero attached hydrogens (tertiary/aromatic N) is 1. The van der Waals surface area contributed by atoms with Crippen LogP contribution in [0, 0.1) is 0 Å². The van der Waals surface area contributed by atoms with E-state index in [1.165, 1.54) is 11.1 Å². The highest BCUT2D eigenvalue weighted by atomic mass is 16.5. The van der Waals surface area contributed by atoms with Crippen LogP contribution < -0.4 is 14.8 Å². The van der Waals surface area contributed by atoms with Crippen molar-refractivity contribution in [2.45, 2.75) is 25.5 Å². The average molecular weight is 284 g/mol. The van der Waals surface area contributed by atoms with Crippen LogP contribution in [-0.4, -0.2) is 19.1 Å². The number of nitrogens with one attached hydrogen (secondary N) is 1. The summed E-state index contributed by atoms with van der Waals surface area (Å²) in [7, 11) is 3.64. The summed E-state index contributed by atoms with van der Waals surface area (Å²) in [6.07, 6.45) is 3.91. The molecule has 0 aliphatic heterocycles. The van der Waals surface area contributed by atoms with E-state index in [0.29, 0.717) is 18.5 Å². The van der Waals surface area contributed by atoms with Gasteiger partial charge in [0, 0.05) is 12.2 Å². The first kappa shape index (κ1) is 13.9. The van der Waals surface area contributed by atoms with Crippen molar-refractivity contribution < 1.29 is 9.47 Å². The van der Waals surface area contributed by atoms with Crippen LogP contribution in [0.3, 0.4) is 0 Å². The van der Waals surface area contributed by atoms with Crippen molar-refractivity contribution in [1.29, 1.82) is 0 Å². The maximum Gasteiger partial charge on any atom is 0.219 e. The van der Waals surface area contributed by atoms with E-state index in [1.807, 2.05) is 25.2 Å². The number of fused-ring (bicyclic) bond motifs is 1. The highest BCUT2D eigenvalue weighted by Crippen LogP contribution is 2.37. The number of aromatic nitrogens is 1. The smallest absolute Gasteiger partial charge is 0.219 e. The molecule has 1 aromatic carbocycles. The number of hydrogen-bond acceptors (Lipinski definition) is 4. The molecule has 0 bridgehead atoms. The van der Waals surface area contributed by atoms with Gasteiger partial charge >= 0.3 is 0 Å². The Bertz CT molecular complexity index is 628. The summed E-state index contributed by atoms with van der Waals surface area (Å²) in [4.78, 5) is 4.20. The summed E-state index contributed by atoms with van der Waals surface area (Å²) in [5, 5.41) is 3.35. The number of hydrogen-bond donors (Lipinski definition) is 1. The van der Waals surface area contributed by atoms with Crippen LogP contribution in [-0.2, 0) is 13.0 Å². The van der Waals surface area contributed by atoms with Gasteiger partial charge in [0.25, 0.3) is 0 Å². The summed E-state index contributed by atoms with van der Waals surface area (Å²) in [5.41, 5.74) is 3.63. The molecule has 1 aromatic heterocycles. The highest BCUT2D eigenvalue weighted by Gasteiger charge is 2.23. The van der Waals surface area contributed by atoms with E-state index in [0.717, 1.165) is 24.2 Å². The van der Waals surface area contributed by atoms with E-state index >= 15 is 0 Å². The van der Waals surface area contributed by atoms with E-state index in [1.54, 1.807) is 13.3 Å². The molecule has 0 fully saturated rings. The predicted octanol–water partition coefficient (Wildman–Crippen LogP) is 2.88. The molecule has 1 aliphatic rings. The molecule has 21 heavy (non-hydrogen) atoms. The predicted molar refractivity (Wildman–Crippen MR) is 81.7 cm³/mol. The number of pyridine rings is 1. The summed E-state index contributed by atoms with van der Waals surface area (Å²) in [6, 6.07) is 10.6. The third-order valence-corrected chi connectivity index (χ3v) is 4.00. The Hall–Kier alpha value is -2.07. The van der Waals surface area contributed by atoms with Gasteiger partial charge in [-0.3, -0.25) is 0 Å². The monoisotopic (exact) mass is 284 g/mol. The fourth-order valence-corrected chi connectivity index (χ4v) is 2.93. The second-order valence-electron chi connectivity index (χ2n) is 5.16. The largest absolute Gasteiger partial charge is 0.488 e. The van der Waals surface area contributed by atoms with Crippen LogP contribution in [0.25, 0.3) is 0 Å². The van der Waals surface area contributed by atoms with Gasteiger partial charge in [-0.25, -0.2) is 4.98 Å². The maximum atomic E-state index is 6.02. The van der Waals surface area contributed by atoms with Gasteiger partial charge in [0.2, 0.25) is 5.88 Å². The second kappa shape index (κ2) is 6.14. The van der Waals surface area contributed by atoms with Gasteiger partial charge in [0.15, 0.2) is 0 Å². The van der Waals surface area contributed by atoms with E-state index in [2.05, 4.69) is 22.4 Å². The molecule has 2 aromatic rings. The van der Waals surface area contributed by atoms with Crippen molar-refractivity contribution >= 4 is 0 Å². The molecule has 4 heteroatoms. The third-order valence-electron chi connectivity index (χ3n) is 4.00. The molecule has 0 spiro atoms. The topological polar surface area (TPSA) is 43.4 Å². The molecule has 0 saturated heterocycles. The molecule has 0 amide bonds. The first-order valence-corrected chi connectivity index (χ1v) is 7.23. The standard InChI is InChI=1S/C17H20N2O2/c1-18-15-9-8-14-13(15)6-3-7-16(14)21-11-12-5-4-10-19-17(12)20-2/h3-7,10,15,18H,8-9,11H2,1-2H3. The highest BCUT2D eigenvalue weighted by molar-refractivity contribution is 5.45. The molecule has 1 aliphatic carbocycles. The quantitative estimate of drug-likeness (QED) is 0.917. The van der Waals surface area contributed by atoms with Gasteiger partial charge in [-0.2, -0.15) is 0 Å². The van der Waals surface area contributed by atoms with E-state index < -0.39 is 0 Å². The summed E-state index contributed by atoms with van der Waals surface area (Å²) < 4.78 is 11.3. The first-order valence-electron chi connectivity index (χ1n) is 7.23. The van der Waals surface area contributed by atoms with Crippen LogP contribution in [0.5, 0.6) is 11.6 Å². The molecule has 1 heterocycles. The number of rotatable bonds is 5. The minimum absolute atomic E-state index is 0.441.